The van der Waals surface area contributed by atoms with E-state index in [-0.39, 0.29) is 22.7 Å². The average Bonchev–Trinajstić information content (AvgIpc) is 3.25. The molecule has 0 unspecified atom stereocenters. The molecule has 4 aromatic rings. The minimum atomic E-state index is -0.342. The lowest BCUT2D eigenvalue weighted by Crippen LogP contribution is -2.34. The van der Waals surface area contributed by atoms with Crippen LogP contribution in [0.3, 0.4) is 0 Å². The summed E-state index contributed by atoms with van der Waals surface area (Å²) in [7, 11) is 0. The second kappa shape index (κ2) is 10.1. The van der Waals surface area contributed by atoms with Crippen LogP contribution in [-0.2, 0) is 0 Å². The summed E-state index contributed by atoms with van der Waals surface area (Å²) < 4.78 is 11.4. The molecule has 33 heavy (non-hydrogen) atoms. The molecular weight excluding hydrogens is 438 g/mol. The van der Waals surface area contributed by atoms with Crippen molar-refractivity contribution < 1.29 is 19.1 Å². The molecule has 0 saturated carbocycles. The summed E-state index contributed by atoms with van der Waals surface area (Å²) in [5.41, 5.74) is 2.74. The van der Waals surface area contributed by atoms with Gasteiger partial charge in [-0.25, -0.2) is 4.98 Å². The highest BCUT2D eigenvalue weighted by Crippen LogP contribution is 2.33. The molecule has 0 radical (unpaired) electrons. The van der Waals surface area contributed by atoms with Crippen molar-refractivity contribution in [2.24, 2.45) is 0 Å². The summed E-state index contributed by atoms with van der Waals surface area (Å²) >= 11 is 5.28. The maximum atomic E-state index is 12.5. The molecule has 8 heteroatoms. The SMILES string of the molecule is CCCCOc1ccc(C(=O)NC(=S)Nc2ccc(O)c(-c3nc4ccccc4o3)c2)cc1. The molecule has 168 valence electrons. The topological polar surface area (TPSA) is 96.6 Å². The van der Waals surface area contributed by atoms with Crippen molar-refractivity contribution in [3.63, 3.8) is 0 Å². The summed E-state index contributed by atoms with van der Waals surface area (Å²) in [5.74, 6) is 0.680. The number of para-hydroxylation sites is 2. The van der Waals surface area contributed by atoms with E-state index in [1.807, 2.05) is 18.2 Å². The number of phenolic OH excluding ortho intramolecular Hbond substituents is 1. The molecule has 0 aliphatic heterocycles. The van der Waals surface area contributed by atoms with Crippen molar-refractivity contribution >= 4 is 40.0 Å². The number of carbonyl (C=O) groups is 1. The summed E-state index contributed by atoms with van der Waals surface area (Å²) in [6.45, 7) is 2.75. The number of nitrogens with one attached hydrogen (secondary N) is 2. The largest absolute Gasteiger partial charge is 0.507 e. The zero-order valence-corrected chi connectivity index (χ0v) is 18.8. The fourth-order valence-corrected chi connectivity index (χ4v) is 3.36. The molecule has 0 saturated heterocycles. The molecule has 1 heterocycles. The van der Waals surface area contributed by atoms with E-state index in [4.69, 9.17) is 21.4 Å². The van der Waals surface area contributed by atoms with Gasteiger partial charge in [0.15, 0.2) is 10.7 Å². The molecule has 1 aromatic heterocycles. The fraction of sp³-hybridized carbons (Fsp3) is 0.160. The minimum Gasteiger partial charge on any atom is -0.507 e. The van der Waals surface area contributed by atoms with Crippen LogP contribution >= 0.6 is 12.2 Å². The van der Waals surface area contributed by atoms with Gasteiger partial charge in [-0.3, -0.25) is 10.1 Å². The molecule has 4 rings (SSSR count). The Morgan fingerprint density at radius 2 is 1.91 bits per heavy atom. The third-order valence-corrected chi connectivity index (χ3v) is 5.09. The predicted octanol–water partition coefficient (Wildman–Crippen LogP) is 5.51. The van der Waals surface area contributed by atoms with Crippen LogP contribution in [0.15, 0.2) is 71.1 Å². The molecule has 0 bridgehead atoms. The van der Waals surface area contributed by atoms with Crippen molar-refractivity contribution in [2.75, 3.05) is 11.9 Å². The fourth-order valence-electron chi connectivity index (χ4n) is 3.15. The Kier molecular flexibility index (Phi) is 6.85. The van der Waals surface area contributed by atoms with Crippen LogP contribution in [0, 0.1) is 0 Å². The Morgan fingerprint density at radius 3 is 2.67 bits per heavy atom. The molecule has 7 nitrogen and oxygen atoms in total. The quantitative estimate of drug-likeness (QED) is 0.190. The van der Waals surface area contributed by atoms with Crippen LogP contribution in [0.1, 0.15) is 30.1 Å². The minimum absolute atomic E-state index is 0.0169. The number of amides is 1. The Hall–Kier alpha value is -3.91. The lowest BCUT2D eigenvalue weighted by Gasteiger charge is -2.11. The van der Waals surface area contributed by atoms with Crippen LogP contribution in [0.4, 0.5) is 5.69 Å². The highest BCUT2D eigenvalue weighted by molar-refractivity contribution is 7.80. The van der Waals surface area contributed by atoms with E-state index in [0.717, 1.165) is 18.6 Å². The third-order valence-electron chi connectivity index (χ3n) is 4.89. The van der Waals surface area contributed by atoms with Crippen LogP contribution < -0.4 is 15.4 Å². The maximum absolute atomic E-state index is 12.5. The number of hydrogen-bond donors (Lipinski definition) is 3. The first-order valence-electron chi connectivity index (χ1n) is 10.6. The summed E-state index contributed by atoms with van der Waals surface area (Å²) in [6, 6.07) is 19.0. The van der Waals surface area contributed by atoms with E-state index in [1.165, 1.54) is 6.07 Å². The number of aromatic nitrogens is 1. The van der Waals surface area contributed by atoms with Crippen molar-refractivity contribution in [3.05, 3.63) is 72.3 Å². The van der Waals surface area contributed by atoms with Gasteiger partial charge in [-0.05, 0) is 73.2 Å². The van der Waals surface area contributed by atoms with Crippen molar-refractivity contribution in [1.82, 2.24) is 10.3 Å². The van der Waals surface area contributed by atoms with Gasteiger partial charge in [-0.15, -0.1) is 0 Å². The molecule has 0 atom stereocenters. The van der Waals surface area contributed by atoms with Gasteiger partial charge >= 0.3 is 0 Å². The number of thiocarbonyl (C=S) groups is 1. The van der Waals surface area contributed by atoms with E-state index in [9.17, 15) is 9.90 Å². The predicted molar refractivity (Wildman–Crippen MR) is 132 cm³/mol. The number of carbonyl (C=O) groups excluding carboxylic acids is 1. The van der Waals surface area contributed by atoms with Gasteiger partial charge < -0.3 is 19.6 Å². The summed E-state index contributed by atoms with van der Waals surface area (Å²) in [6.07, 6.45) is 2.04. The number of fused-ring (bicyclic) bond motifs is 1. The van der Waals surface area contributed by atoms with Crippen LogP contribution in [0.5, 0.6) is 11.5 Å². The van der Waals surface area contributed by atoms with Crippen molar-refractivity contribution in [3.8, 4) is 23.0 Å². The van der Waals surface area contributed by atoms with Gasteiger partial charge in [0.05, 0.1) is 12.2 Å². The Morgan fingerprint density at radius 1 is 1.12 bits per heavy atom. The van der Waals surface area contributed by atoms with Crippen LogP contribution in [0.25, 0.3) is 22.6 Å². The maximum Gasteiger partial charge on any atom is 0.257 e. The molecular formula is C25H23N3O4S. The van der Waals surface area contributed by atoms with E-state index in [2.05, 4.69) is 22.5 Å². The molecule has 0 aliphatic carbocycles. The number of phenols is 1. The van der Waals surface area contributed by atoms with Crippen LogP contribution in [-0.4, -0.2) is 27.7 Å². The van der Waals surface area contributed by atoms with Gasteiger partial charge in [-0.2, -0.15) is 0 Å². The van der Waals surface area contributed by atoms with E-state index >= 15 is 0 Å². The van der Waals surface area contributed by atoms with Gasteiger partial charge in [0, 0.05) is 11.3 Å². The average molecular weight is 462 g/mol. The molecule has 1 amide bonds. The van der Waals surface area contributed by atoms with E-state index in [1.54, 1.807) is 42.5 Å². The highest BCUT2D eigenvalue weighted by Gasteiger charge is 2.14. The molecule has 0 spiro atoms. The lowest BCUT2D eigenvalue weighted by molar-refractivity contribution is 0.0977. The summed E-state index contributed by atoms with van der Waals surface area (Å²) in [5, 5.41) is 16.0. The zero-order chi connectivity index (χ0) is 23.2. The Bertz CT molecular complexity index is 1250. The summed E-state index contributed by atoms with van der Waals surface area (Å²) in [4.78, 5) is 16.9. The number of nitrogens with zero attached hydrogens (tertiary/aromatic N) is 1. The lowest BCUT2D eigenvalue weighted by atomic mass is 10.1. The van der Waals surface area contributed by atoms with Crippen LogP contribution in [0.2, 0.25) is 0 Å². The van der Waals surface area contributed by atoms with Gasteiger partial charge in [0.1, 0.15) is 17.0 Å². The monoisotopic (exact) mass is 461 g/mol. The number of benzene rings is 3. The number of oxazole rings is 1. The standard InChI is InChI=1S/C25H23N3O4S/c1-2-3-14-31-18-11-8-16(9-12-18)23(30)28-25(33)26-17-10-13-21(29)19(15-17)24-27-20-6-4-5-7-22(20)32-24/h4-13,15,29H,2-3,14H2,1H3,(H2,26,28,30,33). The molecule has 3 aromatic carbocycles. The molecule has 0 aliphatic rings. The zero-order valence-electron chi connectivity index (χ0n) is 18.0. The van der Waals surface area contributed by atoms with Gasteiger partial charge in [-0.1, -0.05) is 25.5 Å². The smallest absolute Gasteiger partial charge is 0.257 e. The number of aromatic hydroxyl groups is 1. The first kappa shape index (κ1) is 22.3. The number of rotatable bonds is 7. The number of anilines is 1. The first-order valence-corrected chi connectivity index (χ1v) is 11.0. The second-order valence-electron chi connectivity index (χ2n) is 7.35. The van der Waals surface area contributed by atoms with Gasteiger partial charge in [0.2, 0.25) is 5.89 Å². The number of hydrogen-bond acceptors (Lipinski definition) is 6. The normalized spacial score (nSPS) is 10.7. The second-order valence-corrected chi connectivity index (χ2v) is 7.76. The first-order chi connectivity index (χ1) is 16.0. The highest BCUT2D eigenvalue weighted by atomic mass is 32.1. The van der Waals surface area contributed by atoms with Gasteiger partial charge in [0.25, 0.3) is 5.91 Å². The number of ether oxygens (including phenoxy) is 1. The molecule has 0 fully saturated rings. The molecule has 3 N–H and O–H groups in total. The van der Waals surface area contributed by atoms with Crippen molar-refractivity contribution in [2.45, 2.75) is 19.8 Å². The third kappa shape index (κ3) is 5.48. The number of unbranched alkanes of at least 4 members (excludes halogenated alkanes) is 1. The van der Waals surface area contributed by atoms with E-state index < -0.39 is 0 Å². The van der Waals surface area contributed by atoms with E-state index in [0.29, 0.717) is 34.5 Å². The Labute approximate surface area is 196 Å². The Balaban J connectivity index is 1.41. The van der Waals surface area contributed by atoms with Crippen molar-refractivity contribution in [1.29, 1.82) is 0 Å².